The molecule has 1 aliphatic carbocycles. The van der Waals surface area contributed by atoms with Crippen LogP contribution in [0.25, 0.3) is 0 Å². The standard InChI is InChI=1S/C15H21N5O2/c1-8(2)14-18-11-5-4-10(6-12(11)19-14)15(21)16-7-13-17-9(3)20-22-13/h8,10H,4-7H2,1-3H3,(H,16,21)(H,18,19). The summed E-state index contributed by atoms with van der Waals surface area (Å²) in [7, 11) is 0. The van der Waals surface area contributed by atoms with E-state index in [1.165, 1.54) is 0 Å². The number of rotatable bonds is 4. The fourth-order valence-electron chi connectivity index (χ4n) is 2.72. The zero-order valence-corrected chi connectivity index (χ0v) is 13.1. The minimum absolute atomic E-state index is 0.0298. The van der Waals surface area contributed by atoms with Crippen molar-refractivity contribution in [3.63, 3.8) is 0 Å². The van der Waals surface area contributed by atoms with E-state index in [0.717, 1.165) is 30.1 Å². The molecule has 0 radical (unpaired) electrons. The van der Waals surface area contributed by atoms with E-state index < -0.39 is 0 Å². The van der Waals surface area contributed by atoms with E-state index in [1.54, 1.807) is 6.92 Å². The third kappa shape index (κ3) is 3.03. The molecule has 3 rings (SSSR count). The minimum atomic E-state index is -0.0306. The Balaban J connectivity index is 1.60. The lowest BCUT2D eigenvalue weighted by molar-refractivity contribution is -0.125. The van der Waals surface area contributed by atoms with Gasteiger partial charge in [0.1, 0.15) is 5.82 Å². The first-order chi connectivity index (χ1) is 10.5. The van der Waals surface area contributed by atoms with E-state index in [1.807, 2.05) is 0 Å². The molecule has 0 aliphatic heterocycles. The Morgan fingerprint density at radius 3 is 2.95 bits per heavy atom. The average molecular weight is 303 g/mol. The number of imidazole rings is 1. The summed E-state index contributed by atoms with van der Waals surface area (Å²) in [5, 5.41) is 6.58. The van der Waals surface area contributed by atoms with Gasteiger partial charge in [-0.2, -0.15) is 4.98 Å². The van der Waals surface area contributed by atoms with E-state index in [0.29, 0.717) is 24.1 Å². The van der Waals surface area contributed by atoms with E-state index in [4.69, 9.17) is 4.52 Å². The number of fused-ring (bicyclic) bond motifs is 1. The monoisotopic (exact) mass is 303 g/mol. The summed E-state index contributed by atoms with van der Waals surface area (Å²) >= 11 is 0. The van der Waals surface area contributed by atoms with Crippen LogP contribution in [0.1, 0.15) is 55.1 Å². The maximum atomic E-state index is 12.3. The van der Waals surface area contributed by atoms with E-state index in [-0.39, 0.29) is 18.4 Å². The highest BCUT2D eigenvalue weighted by Crippen LogP contribution is 2.26. The van der Waals surface area contributed by atoms with Crippen LogP contribution < -0.4 is 5.32 Å². The normalized spacial score (nSPS) is 17.5. The second-order valence-corrected chi connectivity index (χ2v) is 6.09. The number of hydrogen-bond donors (Lipinski definition) is 2. The molecule has 7 nitrogen and oxygen atoms in total. The summed E-state index contributed by atoms with van der Waals surface area (Å²) in [6.45, 7) is 6.26. The van der Waals surface area contributed by atoms with Gasteiger partial charge in [-0.1, -0.05) is 19.0 Å². The summed E-state index contributed by atoms with van der Waals surface area (Å²) in [5.74, 6) is 2.39. The van der Waals surface area contributed by atoms with Crippen LogP contribution in [0.5, 0.6) is 0 Å². The number of nitrogens with zero attached hydrogens (tertiary/aromatic N) is 3. The van der Waals surface area contributed by atoms with Crippen molar-refractivity contribution in [2.75, 3.05) is 0 Å². The third-order valence-electron chi connectivity index (χ3n) is 3.96. The maximum Gasteiger partial charge on any atom is 0.246 e. The molecule has 1 atom stereocenters. The second-order valence-electron chi connectivity index (χ2n) is 6.09. The van der Waals surface area contributed by atoms with Crippen LogP contribution in [-0.2, 0) is 24.2 Å². The molecule has 0 saturated carbocycles. The van der Waals surface area contributed by atoms with Gasteiger partial charge in [0.2, 0.25) is 11.8 Å². The summed E-state index contributed by atoms with van der Waals surface area (Å²) in [6.07, 6.45) is 2.38. The Labute approximate surface area is 128 Å². The van der Waals surface area contributed by atoms with Crippen molar-refractivity contribution in [1.29, 1.82) is 0 Å². The second kappa shape index (κ2) is 5.90. The summed E-state index contributed by atoms with van der Waals surface area (Å²) in [4.78, 5) is 24.4. The van der Waals surface area contributed by atoms with Crippen LogP contribution in [0, 0.1) is 12.8 Å². The van der Waals surface area contributed by atoms with Crippen LogP contribution in [-0.4, -0.2) is 26.0 Å². The smallest absolute Gasteiger partial charge is 0.246 e. The molecule has 2 aromatic heterocycles. The van der Waals surface area contributed by atoms with Crippen LogP contribution in [0.3, 0.4) is 0 Å². The van der Waals surface area contributed by atoms with Crippen molar-refractivity contribution in [2.45, 2.75) is 52.5 Å². The first-order valence-electron chi connectivity index (χ1n) is 7.67. The SMILES string of the molecule is Cc1noc(CNC(=O)C2CCc3nc(C(C)C)[nH]c3C2)n1. The van der Waals surface area contributed by atoms with Crippen LogP contribution in [0.15, 0.2) is 4.52 Å². The summed E-state index contributed by atoms with van der Waals surface area (Å²) in [5.41, 5.74) is 2.21. The first-order valence-corrected chi connectivity index (χ1v) is 7.67. The molecule has 0 bridgehead atoms. The molecule has 2 heterocycles. The molecule has 0 fully saturated rings. The number of carbonyl (C=O) groups excluding carboxylic acids is 1. The molecule has 7 heteroatoms. The zero-order chi connectivity index (χ0) is 15.7. The van der Waals surface area contributed by atoms with E-state index in [9.17, 15) is 4.79 Å². The van der Waals surface area contributed by atoms with Gasteiger partial charge in [0.05, 0.1) is 12.2 Å². The minimum Gasteiger partial charge on any atom is -0.347 e. The number of amides is 1. The highest BCUT2D eigenvalue weighted by molar-refractivity contribution is 5.79. The Bertz CT molecular complexity index is 673. The van der Waals surface area contributed by atoms with Crippen LogP contribution in [0.2, 0.25) is 0 Å². The molecule has 22 heavy (non-hydrogen) atoms. The molecule has 1 unspecified atom stereocenters. The lowest BCUT2D eigenvalue weighted by Gasteiger charge is -2.20. The predicted molar refractivity (Wildman–Crippen MR) is 79.1 cm³/mol. The summed E-state index contributed by atoms with van der Waals surface area (Å²) in [6, 6.07) is 0. The topological polar surface area (TPSA) is 96.7 Å². The van der Waals surface area contributed by atoms with Crippen molar-refractivity contribution >= 4 is 5.91 Å². The fraction of sp³-hybridized carbons (Fsp3) is 0.600. The van der Waals surface area contributed by atoms with Gasteiger partial charge in [0, 0.05) is 24.0 Å². The predicted octanol–water partition coefficient (Wildman–Crippen LogP) is 1.65. The molecule has 2 aromatic rings. The molecular formula is C15H21N5O2. The summed E-state index contributed by atoms with van der Waals surface area (Å²) < 4.78 is 5.00. The zero-order valence-electron chi connectivity index (χ0n) is 13.1. The lowest BCUT2D eigenvalue weighted by atomic mass is 9.89. The number of H-pyrrole nitrogens is 1. The Morgan fingerprint density at radius 2 is 2.27 bits per heavy atom. The number of nitrogens with one attached hydrogen (secondary N) is 2. The van der Waals surface area contributed by atoms with Crippen molar-refractivity contribution in [1.82, 2.24) is 25.4 Å². The van der Waals surface area contributed by atoms with Gasteiger partial charge in [-0.25, -0.2) is 4.98 Å². The van der Waals surface area contributed by atoms with Crippen LogP contribution in [0.4, 0.5) is 0 Å². The lowest BCUT2D eigenvalue weighted by Crippen LogP contribution is -2.33. The molecule has 118 valence electrons. The quantitative estimate of drug-likeness (QED) is 0.895. The first kappa shape index (κ1) is 14.7. The molecule has 0 aromatic carbocycles. The number of aromatic nitrogens is 4. The Morgan fingerprint density at radius 1 is 1.45 bits per heavy atom. The number of hydrogen-bond acceptors (Lipinski definition) is 5. The number of aryl methyl sites for hydroxylation is 2. The molecule has 1 amide bonds. The van der Waals surface area contributed by atoms with Crippen molar-refractivity contribution < 1.29 is 9.32 Å². The van der Waals surface area contributed by atoms with Crippen molar-refractivity contribution in [2.24, 2.45) is 5.92 Å². The van der Waals surface area contributed by atoms with Gasteiger partial charge in [0.25, 0.3) is 0 Å². The highest BCUT2D eigenvalue weighted by Gasteiger charge is 2.27. The third-order valence-corrected chi connectivity index (χ3v) is 3.96. The number of carbonyl (C=O) groups is 1. The van der Waals surface area contributed by atoms with Gasteiger partial charge in [-0.15, -0.1) is 0 Å². The van der Waals surface area contributed by atoms with E-state index >= 15 is 0 Å². The molecule has 0 spiro atoms. The van der Waals surface area contributed by atoms with Crippen molar-refractivity contribution in [3.05, 3.63) is 28.9 Å². The Hall–Kier alpha value is -2.18. The van der Waals surface area contributed by atoms with Gasteiger partial charge >= 0.3 is 0 Å². The van der Waals surface area contributed by atoms with Gasteiger partial charge in [0.15, 0.2) is 5.82 Å². The number of aromatic amines is 1. The van der Waals surface area contributed by atoms with Gasteiger partial charge in [-0.05, 0) is 19.8 Å². The fourth-order valence-corrected chi connectivity index (χ4v) is 2.72. The van der Waals surface area contributed by atoms with Crippen LogP contribution >= 0.6 is 0 Å². The molecule has 0 saturated heterocycles. The maximum absolute atomic E-state index is 12.3. The Kier molecular flexibility index (Phi) is 3.96. The average Bonchev–Trinajstić information content (AvgIpc) is 3.09. The highest BCUT2D eigenvalue weighted by atomic mass is 16.5. The van der Waals surface area contributed by atoms with Crippen molar-refractivity contribution in [3.8, 4) is 0 Å². The molecular weight excluding hydrogens is 282 g/mol. The van der Waals surface area contributed by atoms with Gasteiger partial charge in [-0.3, -0.25) is 4.79 Å². The molecule has 2 N–H and O–H groups in total. The van der Waals surface area contributed by atoms with E-state index in [2.05, 4.69) is 39.3 Å². The van der Waals surface area contributed by atoms with Gasteiger partial charge < -0.3 is 14.8 Å². The largest absolute Gasteiger partial charge is 0.347 e. The molecule has 1 aliphatic rings.